The third-order valence-electron chi connectivity index (χ3n) is 7.10. The Hall–Kier alpha value is -3.11. The number of nitrogens with two attached hydrogens (primary N) is 1. The minimum absolute atomic E-state index is 0.197. The topological polar surface area (TPSA) is 115 Å². The molecule has 10 nitrogen and oxygen atoms in total. The molecule has 208 valence electrons. The van der Waals surface area contributed by atoms with Gasteiger partial charge in [0, 0.05) is 39.3 Å². The predicted molar refractivity (Wildman–Crippen MR) is 151 cm³/mol. The highest BCUT2D eigenvalue weighted by molar-refractivity contribution is 5.81. The van der Waals surface area contributed by atoms with Gasteiger partial charge < -0.3 is 25.1 Å². The number of hydrogen-bond donors (Lipinski definition) is 2. The van der Waals surface area contributed by atoms with E-state index in [4.69, 9.17) is 15.2 Å². The van der Waals surface area contributed by atoms with Crippen molar-refractivity contribution >= 4 is 17.0 Å². The van der Waals surface area contributed by atoms with Crippen molar-refractivity contribution in [3.63, 3.8) is 0 Å². The number of benzene rings is 1. The van der Waals surface area contributed by atoms with Gasteiger partial charge in [0.05, 0.1) is 6.61 Å². The number of rotatable bonds is 16. The summed E-state index contributed by atoms with van der Waals surface area (Å²) in [5.74, 6) is 1.19. The van der Waals surface area contributed by atoms with E-state index >= 15 is 0 Å². The van der Waals surface area contributed by atoms with Crippen LogP contribution in [0.2, 0.25) is 0 Å². The number of para-hydroxylation sites is 1. The third-order valence-corrected chi connectivity index (χ3v) is 7.10. The van der Waals surface area contributed by atoms with Crippen molar-refractivity contribution in [3.05, 3.63) is 40.8 Å². The summed E-state index contributed by atoms with van der Waals surface area (Å²) in [6, 6.07) is 10.3. The van der Waals surface area contributed by atoms with Gasteiger partial charge in [-0.05, 0) is 37.9 Å². The number of nitrogen functional groups attached to an aromatic ring is 1. The number of nitrogens with zero attached hydrogens (tertiary/aromatic N) is 5. The van der Waals surface area contributed by atoms with Crippen molar-refractivity contribution < 1.29 is 9.47 Å². The van der Waals surface area contributed by atoms with Crippen LogP contribution in [0.25, 0.3) is 11.2 Å². The van der Waals surface area contributed by atoms with Crippen LogP contribution >= 0.6 is 0 Å². The molecule has 0 radical (unpaired) electrons. The highest BCUT2D eigenvalue weighted by Gasteiger charge is 2.17. The van der Waals surface area contributed by atoms with Gasteiger partial charge in [0.1, 0.15) is 17.9 Å². The fraction of sp³-hybridized carbons (Fsp3) is 0.607. The summed E-state index contributed by atoms with van der Waals surface area (Å²) in [6.07, 6.45) is 7.53. The Bertz CT molecular complexity index is 1160. The lowest BCUT2D eigenvalue weighted by atomic mass is 10.1. The molecule has 38 heavy (non-hydrogen) atoms. The molecular weight excluding hydrogens is 482 g/mol. The number of imidazole rings is 1. The number of aromatic nitrogens is 4. The highest BCUT2D eigenvalue weighted by atomic mass is 16.5. The quantitative estimate of drug-likeness (QED) is 0.273. The van der Waals surface area contributed by atoms with Crippen LogP contribution in [0.5, 0.6) is 11.8 Å². The molecule has 0 atom stereocenters. The Balaban J connectivity index is 1.09. The van der Waals surface area contributed by atoms with Crippen molar-refractivity contribution in [2.24, 2.45) is 0 Å². The maximum Gasteiger partial charge on any atom is 0.327 e. The lowest BCUT2D eigenvalue weighted by Gasteiger charge is -2.34. The fourth-order valence-corrected chi connectivity index (χ4v) is 4.79. The molecule has 4 rings (SSSR count). The second-order valence-electron chi connectivity index (χ2n) is 9.99. The second kappa shape index (κ2) is 14.7. The molecule has 1 aromatic carbocycles. The zero-order valence-electron chi connectivity index (χ0n) is 22.7. The molecule has 0 aliphatic carbocycles. The van der Waals surface area contributed by atoms with E-state index < -0.39 is 0 Å². The van der Waals surface area contributed by atoms with E-state index in [0.717, 1.165) is 83.7 Å². The number of anilines is 1. The first-order valence-electron chi connectivity index (χ1n) is 14.2. The first-order valence-corrected chi connectivity index (χ1v) is 14.2. The van der Waals surface area contributed by atoms with Crippen molar-refractivity contribution in [2.45, 2.75) is 58.4 Å². The van der Waals surface area contributed by atoms with E-state index in [1.54, 1.807) is 4.57 Å². The molecule has 3 heterocycles. The molecule has 1 saturated heterocycles. The average Bonchev–Trinajstić information content (AvgIpc) is 3.25. The van der Waals surface area contributed by atoms with Crippen LogP contribution < -0.4 is 20.9 Å². The van der Waals surface area contributed by atoms with E-state index in [0.29, 0.717) is 24.3 Å². The summed E-state index contributed by atoms with van der Waals surface area (Å²) < 4.78 is 13.1. The van der Waals surface area contributed by atoms with E-state index in [9.17, 15) is 4.79 Å². The number of aryl methyl sites for hydroxylation is 1. The van der Waals surface area contributed by atoms with Gasteiger partial charge in [0.15, 0.2) is 11.5 Å². The van der Waals surface area contributed by atoms with Gasteiger partial charge in [-0.25, -0.2) is 4.79 Å². The number of piperazine rings is 1. The number of H-pyrrole nitrogens is 1. The fourth-order valence-electron chi connectivity index (χ4n) is 4.79. The zero-order valence-corrected chi connectivity index (χ0v) is 22.7. The number of fused-ring (bicyclic) bond motifs is 1. The zero-order chi connectivity index (χ0) is 26.6. The lowest BCUT2D eigenvalue weighted by Crippen LogP contribution is -2.47. The van der Waals surface area contributed by atoms with Crippen molar-refractivity contribution in [3.8, 4) is 11.8 Å². The molecular formula is C28H43N7O3. The van der Waals surface area contributed by atoms with Gasteiger partial charge in [-0.15, -0.1) is 0 Å². The smallest absolute Gasteiger partial charge is 0.327 e. The van der Waals surface area contributed by atoms with Gasteiger partial charge >= 0.3 is 11.7 Å². The molecule has 0 spiro atoms. The number of nitrogens with one attached hydrogen (secondary N) is 1. The molecule has 3 aromatic rings. The maximum absolute atomic E-state index is 12.5. The van der Waals surface area contributed by atoms with E-state index in [1.807, 2.05) is 30.3 Å². The molecule has 1 fully saturated rings. The standard InChI is InChI=1S/C28H43N7O3/c1-2-3-21-38-27-31-25(29)24-26(32-27)35(28(36)30-24)15-11-6-4-5-10-14-33-16-18-34(19-17-33)20-22-37-23-12-8-7-9-13-23/h7-9,12-13H,2-6,10-11,14-22H2,1H3,(H,30,36)(H2,29,31,32). The molecule has 3 N–H and O–H groups in total. The molecule has 0 unspecified atom stereocenters. The van der Waals surface area contributed by atoms with Crippen molar-refractivity contribution in [1.29, 1.82) is 0 Å². The van der Waals surface area contributed by atoms with E-state index in [-0.39, 0.29) is 17.5 Å². The van der Waals surface area contributed by atoms with Gasteiger partial charge in [-0.1, -0.05) is 50.8 Å². The van der Waals surface area contributed by atoms with E-state index in [2.05, 4.69) is 31.7 Å². The van der Waals surface area contributed by atoms with E-state index in [1.165, 1.54) is 12.8 Å². The normalized spacial score (nSPS) is 14.8. The Morgan fingerprint density at radius 3 is 2.26 bits per heavy atom. The highest BCUT2D eigenvalue weighted by Crippen LogP contribution is 2.18. The van der Waals surface area contributed by atoms with Gasteiger partial charge in [-0.3, -0.25) is 9.47 Å². The van der Waals surface area contributed by atoms with Crippen LogP contribution in [-0.2, 0) is 6.54 Å². The molecule has 10 heteroatoms. The molecule has 0 amide bonds. The van der Waals surface area contributed by atoms with Crippen LogP contribution in [0.4, 0.5) is 5.82 Å². The summed E-state index contributed by atoms with van der Waals surface area (Å²) in [5.41, 5.74) is 6.86. The number of unbranched alkanes of at least 4 members (excludes halogenated alkanes) is 5. The monoisotopic (exact) mass is 525 g/mol. The minimum Gasteiger partial charge on any atom is -0.492 e. The lowest BCUT2D eigenvalue weighted by molar-refractivity contribution is 0.115. The number of hydrogen-bond acceptors (Lipinski definition) is 8. The minimum atomic E-state index is -0.197. The largest absolute Gasteiger partial charge is 0.492 e. The van der Waals surface area contributed by atoms with Gasteiger partial charge in [0.2, 0.25) is 0 Å². The molecule has 0 saturated carbocycles. The first kappa shape index (κ1) is 27.9. The molecule has 0 bridgehead atoms. The first-order chi connectivity index (χ1) is 18.6. The predicted octanol–water partition coefficient (Wildman–Crippen LogP) is 3.53. The van der Waals surface area contributed by atoms with Gasteiger partial charge in [-0.2, -0.15) is 9.97 Å². The summed E-state index contributed by atoms with van der Waals surface area (Å²) >= 11 is 0. The van der Waals surface area contributed by atoms with Gasteiger partial charge in [0.25, 0.3) is 0 Å². The molecule has 2 aromatic heterocycles. The Morgan fingerprint density at radius 2 is 1.53 bits per heavy atom. The van der Waals surface area contributed by atoms with Crippen LogP contribution in [0.15, 0.2) is 35.1 Å². The molecule has 1 aliphatic heterocycles. The summed E-state index contributed by atoms with van der Waals surface area (Å²) in [6.45, 7) is 10.6. The average molecular weight is 526 g/mol. The molecule has 1 aliphatic rings. The van der Waals surface area contributed by atoms with Crippen LogP contribution in [0.3, 0.4) is 0 Å². The van der Waals surface area contributed by atoms with Crippen molar-refractivity contribution in [2.75, 3.05) is 58.2 Å². The maximum atomic E-state index is 12.5. The Labute approximate surface area is 225 Å². The summed E-state index contributed by atoms with van der Waals surface area (Å²) in [5, 5.41) is 0. The summed E-state index contributed by atoms with van der Waals surface area (Å²) in [4.78, 5) is 29.0. The number of aromatic amines is 1. The summed E-state index contributed by atoms with van der Waals surface area (Å²) in [7, 11) is 0. The van der Waals surface area contributed by atoms with Crippen LogP contribution in [0, 0.1) is 0 Å². The Morgan fingerprint density at radius 1 is 0.842 bits per heavy atom. The third kappa shape index (κ3) is 8.19. The van der Waals surface area contributed by atoms with Crippen molar-refractivity contribution in [1.82, 2.24) is 29.3 Å². The van der Waals surface area contributed by atoms with Crippen LogP contribution in [0.1, 0.15) is 51.9 Å². The van der Waals surface area contributed by atoms with Crippen LogP contribution in [-0.4, -0.2) is 81.8 Å². The SMILES string of the molecule is CCCCOc1nc(N)c2[nH]c(=O)n(CCCCCCCN3CCN(CCOc4ccccc4)CC3)c2n1. The number of ether oxygens (including phenoxy) is 2. The second-order valence-corrected chi connectivity index (χ2v) is 9.99. The Kier molecular flexibility index (Phi) is 10.8.